The van der Waals surface area contributed by atoms with E-state index in [9.17, 15) is 26.3 Å². The number of anilines is 1. The first kappa shape index (κ1) is 16.3. The van der Waals surface area contributed by atoms with E-state index < -0.39 is 24.3 Å². The van der Waals surface area contributed by atoms with Crippen LogP contribution in [-0.4, -0.2) is 28.4 Å². The van der Waals surface area contributed by atoms with Crippen LogP contribution in [0.15, 0.2) is 6.33 Å². The van der Waals surface area contributed by atoms with Gasteiger partial charge in [0.2, 0.25) is 5.88 Å². The Labute approximate surface area is 110 Å². The Morgan fingerprint density at radius 1 is 1.15 bits per heavy atom. The molecule has 0 fully saturated rings. The van der Waals surface area contributed by atoms with Crippen LogP contribution in [0.25, 0.3) is 0 Å². The van der Waals surface area contributed by atoms with Gasteiger partial charge in [-0.25, -0.2) is 9.97 Å². The summed E-state index contributed by atoms with van der Waals surface area (Å²) in [5.74, 6) is -1.01. The zero-order valence-electron chi connectivity index (χ0n) is 10.2. The minimum absolute atomic E-state index is 0.0755. The molecule has 10 heteroatoms. The standard InChI is InChI=1S/C10H11F6N3O/c1-2-3-5-6(17)18-4-19-7(5)20-8(9(11,12)13)10(14,15)16/h4,8H,2-3H2,1H3,(H2,17,18,19). The summed E-state index contributed by atoms with van der Waals surface area (Å²) in [6.45, 7) is 1.67. The lowest BCUT2D eigenvalue weighted by molar-refractivity contribution is -0.300. The van der Waals surface area contributed by atoms with Gasteiger partial charge in [0, 0.05) is 0 Å². The summed E-state index contributed by atoms with van der Waals surface area (Å²) in [5.41, 5.74) is 5.33. The van der Waals surface area contributed by atoms with Crippen molar-refractivity contribution in [2.24, 2.45) is 0 Å². The number of hydrogen-bond acceptors (Lipinski definition) is 4. The monoisotopic (exact) mass is 303 g/mol. The topological polar surface area (TPSA) is 61.0 Å². The van der Waals surface area contributed by atoms with Crippen molar-refractivity contribution in [2.75, 3.05) is 5.73 Å². The lowest BCUT2D eigenvalue weighted by Gasteiger charge is -2.24. The Hall–Kier alpha value is -1.74. The van der Waals surface area contributed by atoms with Crippen LogP contribution < -0.4 is 10.5 Å². The normalized spacial score (nSPS) is 12.8. The number of ether oxygens (including phenoxy) is 1. The second kappa shape index (κ2) is 5.71. The molecule has 114 valence electrons. The summed E-state index contributed by atoms with van der Waals surface area (Å²) in [6, 6.07) is 0. The number of halogens is 6. The molecule has 0 aliphatic heterocycles. The Kier molecular flexibility index (Phi) is 4.66. The molecule has 1 heterocycles. The highest BCUT2D eigenvalue weighted by atomic mass is 19.4. The molecule has 20 heavy (non-hydrogen) atoms. The second-order valence-electron chi connectivity index (χ2n) is 3.87. The van der Waals surface area contributed by atoms with E-state index in [1.165, 1.54) is 0 Å². The van der Waals surface area contributed by atoms with Crippen molar-refractivity contribution in [1.82, 2.24) is 9.97 Å². The molecule has 2 N–H and O–H groups in total. The quantitative estimate of drug-likeness (QED) is 0.869. The Bertz CT molecular complexity index is 445. The molecule has 0 radical (unpaired) electrons. The smallest absolute Gasteiger partial charge is 0.434 e. The third kappa shape index (κ3) is 3.87. The van der Waals surface area contributed by atoms with E-state index in [4.69, 9.17) is 5.73 Å². The number of nitrogens with two attached hydrogens (primary N) is 1. The van der Waals surface area contributed by atoms with Crippen LogP contribution in [-0.2, 0) is 6.42 Å². The number of nitrogens with zero attached hydrogens (tertiary/aromatic N) is 2. The fourth-order valence-electron chi connectivity index (χ4n) is 1.43. The molecule has 0 saturated carbocycles. The van der Waals surface area contributed by atoms with Crippen LogP contribution in [0.4, 0.5) is 32.2 Å². The second-order valence-corrected chi connectivity index (χ2v) is 3.87. The number of hydrogen-bond donors (Lipinski definition) is 1. The maximum Gasteiger partial charge on any atom is 0.434 e. The summed E-state index contributed by atoms with van der Waals surface area (Å²) in [6.07, 6.45) is -13.9. The van der Waals surface area contributed by atoms with E-state index in [0.717, 1.165) is 6.33 Å². The summed E-state index contributed by atoms with van der Waals surface area (Å²) >= 11 is 0. The molecule has 0 aromatic carbocycles. The maximum atomic E-state index is 12.4. The highest BCUT2D eigenvalue weighted by molar-refractivity contribution is 5.44. The van der Waals surface area contributed by atoms with Crippen LogP contribution in [0.5, 0.6) is 5.88 Å². The third-order valence-electron chi connectivity index (χ3n) is 2.26. The molecule has 1 aromatic rings. The third-order valence-corrected chi connectivity index (χ3v) is 2.26. The van der Waals surface area contributed by atoms with E-state index in [2.05, 4.69) is 14.7 Å². The average molecular weight is 303 g/mol. The molecule has 0 aliphatic rings. The molecule has 0 atom stereocenters. The van der Waals surface area contributed by atoms with Crippen LogP contribution in [0.1, 0.15) is 18.9 Å². The first-order chi connectivity index (χ1) is 9.07. The highest BCUT2D eigenvalue weighted by Crippen LogP contribution is 2.37. The first-order valence-electron chi connectivity index (χ1n) is 5.46. The van der Waals surface area contributed by atoms with Crippen molar-refractivity contribution in [3.63, 3.8) is 0 Å². The summed E-state index contributed by atoms with van der Waals surface area (Å²) < 4.78 is 78.4. The summed E-state index contributed by atoms with van der Waals surface area (Å²) in [7, 11) is 0. The van der Waals surface area contributed by atoms with Crippen LogP contribution in [0, 0.1) is 0 Å². The van der Waals surface area contributed by atoms with E-state index in [1.807, 2.05) is 0 Å². The fourth-order valence-corrected chi connectivity index (χ4v) is 1.43. The van der Waals surface area contributed by atoms with Crippen molar-refractivity contribution in [3.05, 3.63) is 11.9 Å². The zero-order chi connectivity index (χ0) is 15.6. The molecule has 4 nitrogen and oxygen atoms in total. The van der Waals surface area contributed by atoms with E-state index in [0.29, 0.717) is 6.42 Å². The molecule has 0 spiro atoms. The lowest BCUT2D eigenvalue weighted by atomic mass is 10.2. The maximum absolute atomic E-state index is 12.4. The molecule has 1 aromatic heterocycles. The predicted octanol–water partition coefficient (Wildman–Crippen LogP) is 2.88. The molecule has 0 aliphatic carbocycles. The van der Waals surface area contributed by atoms with Crippen LogP contribution in [0.2, 0.25) is 0 Å². The first-order valence-corrected chi connectivity index (χ1v) is 5.46. The SMILES string of the molecule is CCCc1c(N)ncnc1OC(C(F)(F)F)C(F)(F)F. The van der Waals surface area contributed by atoms with Crippen molar-refractivity contribution in [3.8, 4) is 5.88 Å². The molecule has 0 unspecified atom stereocenters. The number of rotatable bonds is 4. The van der Waals surface area contributed by atoms with Gasteiger partial charge in [-0.15, -0.1) is 0 Å². The molecule has 1 rings (SSSR count). The highest BCUT2D eigenvalue weighted by Gasteiger charge is 2.59. The summed E-state index contributed by atoms with van der Waals surface area (Å²) in [4.78, 5) is 6.83. The van der Waals surface area contributed by atoms with Gasteiger partial charge in [0.1, 0.15) is 12.1 Å². The minimum Gasteiger partial charge on any atom is -0.454 e. The van der Waals surface area contributed by atoms with Gasteiger partial charge in [-0.1, -0.05) is 13.3 Å². The number of aromatic nitrogens is 2. The Morgan fingerprint density at radius 3 is 2.15 bits per heavy atom. The zero-order valence-corrected chi connectivity index (χ0v) is 10.2. The van der Waals surface area contributed by atoms with Gasteiger partial charge < -0.3 is 10.5 Å². The lowest BCUT2D eigenvalue weighted by Crippen LogP contribution is -2.46. The number of alkyl halides is 6. The van der Waals surface area contributed by atoms with E-state index in [-0.39, 0.29) is 17.8 Å². The number of nitrogen functional groups attached to an aromatic ring is 1. The molecule has 0 saturated heterocycles. The Morgan fingerprint density at radius 2 is 1.70 bits per heavy atom. The van der Waals surface area contributed by atoms with Gasteiger partial charge in [0.25, 0.3) is 6.10 Å². The van der Waals surface area contributed by atoms with Gasteiger partial charge in [-0.2, -0.15) is 26.3 Å². The Balaban J connectivity index is 3.15. The van der Waals surface area contributed by atoms with Gasteiger partial charge in [-0.05, 0) is 6.42 Å². The van der Waals surface area contributed by atoms with Gasteiger partial charge in [-0.3, -0.25) is 0 Å². The van der Waals surface area contributed by atoms with E-state index in [1.54, 1.807) is 6.92 Å². The fraction of sp³-hybridized carbons (Fsp3) is 0.600. The van der Waals surface area contributed by atoms with Crippen molar-refractivity contribution in [2.45, 2.75) is 38.2 Å². The van der Waals surface area contributed by atoms with Crippen LogP contribution >= 0.6 is 0 Å². The van der Waals surface area contributed by atoms with Crippen molar-refractivity contribution < 1.29 is 31.1 Å². The van der Waals surface area contributed by atoms with Crippen molar-refractivity contribution >= 4 is 5.82 Å². The average Bonchev–Trinajstić information content (AvgIpc) is 2.26. The molecule has 0 amide bonds. The van der Waals surface area contributed by atoms with Crippen molar-refractivity contribution in [1.29, 1.82) is 0 Å². The van der Waals surface area contributed by atoms with Gasteiger partial charge in [0.15, 0.2) is 0 Å². The summed E-state index contributed by atoms with van der Waals surface area (Å²) in [5, 5.41) is 0. The largest absolute Gasteiger partial charge is 0.454 e. The molecule has 0 bridgehead atoms. The predicted molar refractivity (Wildman–Crippen MR) is 57.0 cm³/mol. The molecular weight excluding hydrogens is 292 g/mol. The van der Waals surface area contributed by atoms with Crippen LogP contribution in [0.3, 0.4) is 0 Å². The van der Waals surface area contributed by atoms with Gasteiger partial charge in [0.05, 0.1) is 5.56 Å². The molecular formula is C10H11F6N3O. The van der Waals surface area contributed by atoms with E-state index >= 15 is 0 Å². The minimum atomic E-state index is -5.61. The van der Waals surface area contributed by atoms with Gasteiger partial charge >= 0.3 is 12.4 Å².